The molecular weight excluding hydrogens is 332 g/mol. The molecule has 0 aliphatic rings. The summed E-state index contributed by atoms with van der Waals surface area (Å²) in [6, 6.07) is 12.1. The molecule has 2 rings (SSSR count). The summed E-state index contributed by atoms with van der Waals surface area (Å²) in [6.07, 6.45) is 2.89. The van der Waals surface area contributed by atoms with Crippen molar-refractivity contribution in [3.05, 3.63) is 66.0 Å². The van der Waals surface area contributed by atoms with E-state index in [1.165, 1.54) is 0 Å². The van der Waals surface area contributed by atoms with E-state index in [-0.39, 0.29) is 13.0 Å². The molecule has 1 N–H and O–H groups in total. The van der Waals surface area contributed by atoms with Gasteiger partial charge in [0.2, 0.25) is 0 Å². The maximum absolute atomic E-state index is 12.5. The summed E-state index contributed by atoms with van der Waals surface area (Å²) in [5, 5.41) is 2.59. The molecule has 26 heavy (non-hydrogen) atoms. The average Bonchev–Trinajstić information content (AvgIpc) is 2.59. The highest BCUT2D eigenvalue weighted by atomic mass is 16.6. The SMILES string of the molecule is CC(C)(C)OC(=O)N[C@H](Cc1cccnc1)C(=O)OCc1ccccc1. The Balaban J connectivity index is 2.03. The predicted molar refractivity (Wildman–Crippen MR) is 97.3 cm³/mol. The lowest BCUT2D eigenvalue weighted by molar-refractivity contribution is -0.147. The van der Waals surface area contributed by atoms with Crippen LogP contribution in [0.5, 0.6) is 0 Å². The van der Waals surface area contributed by atoms with Crippen molar-refractivity contribution in [2.75, 3.05) is 0 Å². The second-order valence-corrected chi connectivity index (χ2v) is 6.86. The van der Waals surface area contributed by atoms with Gasteiger partial charge < -0.3 is 14.8 Å². The molecule has 0 unspecified atom stereocenters. The zero-order chi connectivity index (χ0) is 19.0. The second-order valence-electron chi connectivity index (χ2n) is 6.86. The van der Waals surface area contributed by atoms with Crippen LogP contribution in [0.15, 0.2) is 54.9 Å². The molecule has 1 aromatic heterocycles. The average molecular weight is 356 g/mol. The fourth-order valence-corrected chi connectivity index (χ4v) is 2.23. The molecule has 0 radical (unpaired) electrons. The van der Waals surface area contributed by atoms with Crippen LogP contribution in [0.1, 0.15) is 31.9 Å². The van der Waals surface area contributed by atoms with E-state index in [1.54, 1.807) is 39.2 Å². The van der Waals surface area contributed by atoms with E-state index in [1.807, 2.05) is 36.4 Å². The Morgan fingerprint density at radius 2 is 1.77 bits per heavy atom. The summed E-state index contributed by atoms with van der Waals surface area (Å²) in [4.78, 5) is 28.6. The van der Waals surface area contributed by atoms with E-state index in [2.05, 4.69) is 10.3 Å². The van der Waals surface area contributed by atoms with Crippen molar-refractivity contribution in [3.8, 4) is 0 Å². The monoisotopic (exact) mass is 356 g/mol. The molecule has 6 heteroatoms. The summed E-state index contributed by atoms with van der Waals surface area (Å²) >= 11 is 0. The van der Waals surface area contributed by atoms with Crippen LogP contribution < -0.4 is 5.32 Å². The van der Waals surface area contributed by atoms with Crippen LogP contribution in [0.25, 0.3) is 0 Å². The smallest absolute Gasteiger partial charge is 0.408 e. The van der Waals surface area contributed by atoms with Crippen molar-refractivity contribution in [1.82, 2.24) is 10.3 Å². The zero-order valence-electron chi connectivity index (χ0n) is 15.3. The van der Waals surface area contributed by atoms with Crippen molar-refractivity contribution >= 4 is 12.1 Å². The van der Waals surface area contributed by atoms with E-state index in [4.69, 9.17) is 9.47 Å². The second kappa shape index (κ2) is 8.99. The van der Waals surface area contributed by atoms with Crippen molar-refractivity contribution in [2.45, 2.75) is 45.4 Å². The van der Waals surface area contributed by atoms with Gasteiger partial charge in [0.1, 0.15) is 18.2 Å². The Kier molecular flexibility index (Phi) is 6.72. The van der Waals surface area contributed by atoms with Gasteiger partial charge in [-0.3, -0.25) is 4.98 Å². The molecule has 0 fully saturated rings. The fourth-order valence-electron chi connectivity index (χ4n) is 2.23. The number of ether oxygens (including phenoxy) is 2. The zero-order valence-corrected chi connectivity index (χ0v) is 15.3. The third-order valence-electron chi connectivity index (χ3n) is 3.36. The number of hydrogen-bond acceptors (Lipinski definition) is 5. The molecule has 1 atom stereocenters. The first kappa shape index (κ1) is 19.4. The van der Waals surface area contributed by atoms with Gasteiger partial charge in [-0.15, -0.1) is 0 Å². The lowest BCUT2D eigenvalue weighted by Crippen LogP contribution is -2.45. The number of carbonyl (C=O) groups excluding carboxylic acids is 2. The molecule has 1 amide bonds. The topological polar surface area (TPSA) is 77.5 Å². The van der Waals surface area contributed by atoms with E-state index < -0.39 is 23.7 Å². The summed E-state index contributed by atoms with van der Waals surface area (Å²) in [7, 11) is 0. The normalized spacial score (nSPS) is 12.1. The highest BCUT2D eigenvalue weighted by Gasteiger charge is 2.26. The number of rotatable bonds is 6. The van der Waals surface area contributed by atoms with Crippen molar-refractivity contribution < 1.29 is 19.1 Å². The van der Waals surface area contributed by atoms with Gasteiger partial charge in [0.25, 0.3) is 0 Å². The minimum atomic E-state index is -0.863. The number of aromatic nitrogens is 1. The minimum Gasteiger partial charge on any atom is -0.459 e. The van der Waals surface area contributed by atoms with Gasteiger partial charge in [-0.1, -0.05) is 36.4 Å². The molecule has 138 valence electrons. The number of benzene rings is 1. The highest BCUT2D eigenvalue weighted by Crippen LogP contribution is 2.10. The number of carbonyl (C=O) groups is 2. The van der Waals surface area contributed by atoms with Gasteiger partial charge in [-0.2, -0.15) is 0 Å². The Morgan fingerprint density at radius 1 is 1.08 bits per heavy atom. The Hall–Kier alpha value is -2.89. The lowest BCUT2D eigenvalue weighted by atomic mass is 10.1. The summed E-state index contributed by atoms with van der Waals surface area (Å²) < 4.78 is 10.6. The molecule has 0 aliphatic carbocycles. The maximum Gasteiger partial charge on any atom is 0.408 e. The van der Waals surface area contributed by atoms with Crippen LogP contribution in [0.2, 0.25) is 0 Å². The van der Waals surface area contributed by atoms with Gasteiger partial charge in [0, 0.05) is 18.8 Å². The molecule has 0 saturated heterocycles. The van der Waals surface area contributed by atoms with Gasteiger partial charge in [0.05, 0.1) is 0 Å². The molecule has 1 heterocycles. The van der Waals surface area contributed by atoms with Crippen LogP contribution in [-0.4, -0.2) is 28.7 Å². The first-order valence-electron chi connectivity index (χ1n) is 8.42. The van der Waals surface area contributed by atoms with Crippen LogP contribution in [0.4, 0.5) is 4.79 Å². The van der Waals surface area contributed by atoms with Crippen LogP contribution in [-0.2, 0) is 27.3 Å². The van der Waals surface area contributed by atoms with Gasteiger partial charge >= 0.3 is 12.1 Å². The molecular formula is C20H24N2O4. The molecule has 1 aromatic carbocycles. The lowest BCUT2D eigenvalue weighted by Gasteiger charge is -2.23. The van der Waals surface area contributed by atoms with Gasteiger partial charge in [-0.05, 0) is 38.0 Å². The van der Waals surface area contributed by atoms with Crippen molar-refractivity contribution in [2.24, 2.45) is 0 Å². The van der Waals surface area contributed by atoms with Crippen molar-refractivity contribution in [1.29, 1.82) is 0 Å². The quantitative estimate of drug-likeness (QED) is 0.804. The molecule has 0 saturated carbocycles. The number of nitrogens with one attached hydrogen (secondary N) is 1. The number of alkyl carbamates (subject to hydrolysis) is 1. The highest BCUT2D eigenvalue weighted by molar-refractivity contribution is 5.81. The molecule has 6 nitrogen and oxygen atoms in total. The molecule has 0 spiro atoms. The van der Waals surface area contributed by atoms with Crippen LogP contribution in [0.3, 0.4) is 0 Å². The third-order valence-corrected chi connectivity index (χ3v) is 3.36. The van der Waals surface area contributed by atoms with Gasteiger partial charge in [0.15, 0.2) is 0 Å². The van der Waals surface area contributed by atoms with Gasteiger partial charge in [-0.25, -0.2) is 9.59 Å². The number of nitrogens with zero attached hydrogens (tertiary/aromatic N) is 1. The Labute approximate surface area is 153 Å². The number of amides is 1. The molecule has 2 aromatic rings. The predicted octanol–water partition coefficient (Wildman–Crippen LogP) is 3.26. The third kappa shape index (κ3) is 6.93. The standard InChI is InChI=1S/C20H24N2O4/c1-20(2,3)26-19(24)22-17(12-16-10-7-11-21-13-16)18(23)25-14-15-8-5-4-6-9-15/h4-11,13,17H,12,14H2,1-3H3,(H,22,24)/t17-/m1/s1. The minimum absolute atomic E-state index is 0.138. The first-order chi connectivity index (χ1) is 12.3. The number of hydrogen-bond donors (Lipinski definition) is 1. The van der Waals surface area contributed by atoms with E-state index in [0.717, 1.165) is 11.1 Å². The summed E-state index contributed by atoms with van der Waals surface area (Å²) in [6.45, 7) is 5.42. The molecule has 0 bridgehead atoms. The summed E-state index contributed by atoms with van der Waals surface area (Å²) in [5.74, 6) is -0.524. The van der Waals surface area contributed by atoms with Crippen LogP contribution in [0, 0.1) is 0 Å². The largest absolute Gasteiger partial charge is 0.459 e. The molecule has 0 aliphatic heterocycles. The van der Waals surface area contributed by atoms with E-state index in [9.17, 15) is 9.59 Å². The fraction of sp³-hybridized carbons (Fsp3) is 0.350. The van der Waals surface area contributed by atoms with Crippen LogP contribution >= 0.6 is 0 Å². The van der Waals surface area contributed by atoms with E-state index >= 15 is 0 Å². The van der Waals surface area contributed by atoms with E-state index in [0.29, 0.717) is 0 Å². The summed E-state index contributed by atoms with van der Waals surface area (Å²) in [5.41, 5.74) is 1.03. The number of pyridine rings is 1. The first-order valence-corrected chi connectivity index (χ1v) is 8.42. The Bertz CT molecular complexity index is 712. The number of esters is 1. The maximum atomic E-state index is 12.5. The van der Waals surface area contributed by atoms with Crippen molar-refractivity contribution in [3.63, 3.8) is 0 Å². The Morgan fingerprint density at radius 3 is 2.38 bits per heavy atom.